The molecule has 5 nitrogen and oxygen atoms in total. The molecule has 0 spiro atoms. The number of thioether (sulfide) groups is 1. The van der Waals surface area contributed by atoms with Gasteiger partial charge in [0, 0.05) is 6.42 Å². The number of benzene rings is 1. The molecule has 0 fully saturated rings. The molecule has 0 aliphatic rings. The normalized spacial score (nSPS) is 13.2. The first-order valence-corrected chi connectivity index (χ1v) is 11.2. The first-order valence-electron chi connectivity index (χ1n) is 7.58. The van der Waals surface area contributed by atoms with E-state index in [4.69, 9.17) is 9.16 Å². The van der Waals surface area contributed by atoms with Crippen LogP contribution in [0.15, 0.2) is 23.1 Å². The average molecular weight is 357 g/mol. The van der Waals surface area contributed by atoms with Gasteiger partial charge in [0.1, 0.15) is 5.75 Å². The van der Waals surface area contributed by atoms with Gasteiger partial charge >= 0.3 is 0 Å². The van der Waals surface area contributed by atoms with Crippen LogP contribution in [0.2, 0.25) is 13.1 Å². The van der Waals surface area contributed by atoms with Gasteiger partial charge in [-0.1, -0.05) is 20.8 Å². The second kappa shape index (κ2) is 8.70. The van der Waals surface area contributed by atoms with Gasteiger partial charge in [-0.25, -0.2) is 0 Å². The third kappa shape index (κ3) is 7.37. The maximum atomic E-state index is 11.2. The Labute approximate surface area is 144 Å². The molecule has 1 aromatic carbocycles. The van der Waals surface area contributed by atoms with Crippen LogP contribution in [-0.4, -0.2) is 26.5 Å². The van der Waals surface area contributed by atoms with Crippen LogP contribution in [0.1, 0.15) is 33.6 Å². The lowest BCUT2D eigenvalue weighted by atomic mass is 9.90. The summed E-state index contributed by atoms with van der Waals surface area (Å²) in [5, 5.41) is 11.2. The van der Waals surface area contributed by atoms with E-state index in [1.807, 2.05) is 6.26 Å². The van der Waals surface area contributed by atoms with Gasteiger partial charge in [0.25, 0.3) is 5.69 Å². The molecule has 0 saturated carbocycles. The van der Waals surface area contributed by atoms with Crippen molar-refractivity contribution in [1.29, 1.82) is 0 Å². The molecule has 23 heavy (non-hydrogen) atoms. The smallest absolute Gasteiger partial charge is 0.286 e. The van der Waals surface area contributed by atoms with Gasteiger partial charge in [-0.3, -0.25) is 10.1 Å². The van der Waals surface area contributed by atoms with Crippen molar-refractivity contribution >= 4 is 26.5 Å². The highest BCUT2D eigenvalue weighted by molar-refractivity contribution is 7.98. The van der Waals surface area contributed by atoms with Crippen LogP contribution in [0.25, 0.3) is 0 Å². The van der Waals surface area contributed by atoms with Gasteiger partial charge in [-0.2, -0.15) is 0 Å². The number of hydrogen-bond donors (Lipinski definition) is 0. The fraction of sp³-hybridized carbons (Fsp3) is 0.625. The largest absolute Gasteiger partial charge is 0.466 e. The van der Waals surface area contributed by atoms with Crippen molar-refractivity contribution in [2.24, 2.45) is 5.41 Å². The zero-order valence-corrected chi connectivity index (χ0v) is 16.5. The molecule has 0 aliphatic heterocycles. The fourth-order valence-electron chi connectivity index (χ4n) is 1.99. The number of nitrogens with zero attached hydrogens (tertiary/aromatic N) is 1. The Balaban J connectivity index is 2.89. The zero-order chi connectivity index (χ0) is 17.6. The summed E-state index contributed by atoms with van der Waals surface area (Å²) in [6.07, 6.45) is 3.17. The fourth-order valence-corrected chi connectivity index (χ4v) is 3.23. The summed E-state index contributed by atoms with van der Waals surface area (Å²) in [5.41, 5.74) is 0.261. The Hall–Kier alpha value is -1.05. The molecular weight excluding hydrogens is 330 g/mol. The molecule has 1 aromatic rings. The molecule has 129 valence electrons. The second-order valence-electron chi connectivity index (χ2n) is 6.76. The maximum absolute atomic E-state index is 11.2. The molecule has 0 heterocycles. The Morgan fingerprint density at radius 1 is 1.35 bits per heavy atom. The SMILES string of the molecule is CSc1ccc(OC(CCC(C)(C)C)O[Si](C)C)cc1[N+](=O)[O-]. The van der Waals surface area contributed by atoms with Crippen molar-refractivity contribution < 1.29 is 14.1 Å². The average Bonchev–Trinajstić information content (AvgIpc) is 2.43. The highest BCUT2D eigenvalue weighted by atomic mass is 32.2. The number of nitro benzene ring substituents is 1. The number of ether oxygens (including phenoxy) is 1. The van der Waals surface area contributed by atoms with Gasteiger partial charge < -0.3 is 9.16 Å². The molecule has 7 heteroatoms. The van der Waals surface area contributed by atoms with Crippen LogP contribution in [-0.2, 0) is 4.43 Å². The van der Waals surface area contributed by atoms with E-state index < -0.39 is 9.04 Å². The summed E-state index contributed by atoms with van der Waals surface area (Å²) < 4.78 is 11.8. The lowest BCUT2D eigenvalue weighted by molar-refractivity contribution is -0.387. The Kier molecular flexibility index (Phi) is 7.56. The Morgan fingerprint density at radius 3 is 2.48 bits per heavy atom. The van der Waals surface area contributed by atoms with E-state index in [1.165, 1.54) is 17.8 Å². The monoisotopic (exact) mass is 356 g/mol. The van der Waals surface area contributed by atoms with E-state index in [-0.39, 0.29) is 22.3 Å². The van der Waals surface area contributed by atoms with Gasteiger partial charge in [-0.15, -0.1) is 11.8 Å². The molecule has 1 unspecified atom stereocenters. The van der Waals surface area contributed by atoms with Crippen molar-refractivity contribution in [3.05, 3.63) is 28.3 Å². The van der Waals surface area contributed by atoms with Gasteiger partial charge in [-0.05, 0) is 43.3 Å². The topological polar surface area (TPSA) is 61.6 Å². The zero-order valence-electron chi connectivity index (χ0n) is 14.7. The predicted octanol–water partition coefficient (Wildman–Crippen LogP) is 5.12. The molecule has 0 bridgehead atoms. The lowest BCUT2D eigenvalue weighted by Gasteiger charge is -2.25. The third-order valence-corrected chi connectivity index (χ3v) is 4.63. The van der Waals surface area contributed by atoms with E-state index in [0.717, 1.165) is 12.8 Å². The molecule has 0 saturated heterocycles. The van der Waals surface area contributed by atoms with Crippen molar-refractivity contribution in [1.82, 2.24) is 0 Å². The van der Waals surface area contributed by atoms with Crippen LogP contribution < -0.4 is 4.74 Å². The van der Waals surface area contributed by atoms with E-state index >= 15 is 0 Å². The van der Waals surface area contributed by atoms with Crippen LogP contribution in [0.3, 0.4) is 0 Å². The minimum absolute atomic E-state index is 0.0723. The molecule has 0 aromatic heterocycles. The van der Waals surface area contributed by atoms with E-state index in [1.54, 1.807) is 12.1 Å². The van der Waals surface area contributed by atoms with Crippen molar-refractivity contribution in [2.75, 3.05) is 6.26 Å². The second-order valence-corrected chi connectivity index (χ2v) is 9.66. The van der Waals surface area contributed by atoms with Crippen LogP contribution in [0.4, 0.5) is 5.69 Å². The predicted molar refractivity (Wildman–Crippen MR) is 96.5 cm³/mol. The number of nitro groups is 1. The van der Waals surface area contributed by atoms with Crippen molar-refractivity contribution in [3.63, 3.8) is 0 Å². The number of rotatable bonds is 8. The quantitative estimate of drug-likeness (QED) is 0.213. The summed E-state index contributed by atoms with van der Waals surface area (Å²) in [4.78, 5) is 11.4. The lowest BCUT2D eigenvalue weighted by Crippen LogP contribution is -2.27. The standard InChI is InChI=1S/C16H26NO4SSi/c1-16(2,3)10-9-15(21-23(5)6)20-12-7-8-14(22-4)13(11-12)17(18)19/h7-8,11,15H,9-10H2,1-6H3. The van der Waals surface area contributed by atoms with Crippen LogP contribution >= 0.6 is 11.8 Å². The third-order valence-electron chi connectivity index (χ3n) is 3.11. The highest BCUT2D eigenvalue weighted by Crippen LogP contribution is 2.32. The molecule has 1 atom stereocenters. The summed E-state index contributed by atoms with van der Waals surface area (Å²) in [5.74, 6) is 0.483. The Bertz CT molecular complexity index is 531. The molecule has 0 N–H and O–H groups in total. The first kappa shape index (κ1) is 20.0. The molecule has 1 rings (SSSR count). The van der Waals surface area contributed by atoms with Crippen molar-refractivity contribution in [2.45, 2.75) is 57.9 Å². The van der Waals surface area contributed by atoms with Crippen molar-refractivity contribution in [3.8, 4) is 5.75 Å². The maximum Gasteiger partial charge on any atom is 0.286 e. The summed E-state index contributed by atoms with van der Waals surface area (Å²) in [7, 11) is -0.921. The summed E-state index contributed by atoms with van der Waals surface area (Å²) >= 11 is 1.35. The van der Waals surface area contributed by atoms with E-state index in [0.29, 0.717) is 10.6 Å². The van der Waals surface area contributed by atoms with E-state index in [9.17, 15) is 10.1 Å². The minimum atomic E-state index is -0.921. The highest BCUT2D eigenvalue weighted by Gasteiger charge is 2.21. The number of hydrogen-bond acceptors (Lipinski definition) is 5. The first-order chi connectivity index (χ1) is 10.6. The van der Waals surface area contributed by atoms with Gasteiger partial charge in [0.15, 0.2) is 6.29 Å². The molecule has 1 radical (unpaired) electrons. The van der Waals surface area contributed by atoms with Crippen LogP contribution in [0.5, 0.6) is 5.75 Å². The summed E-state index contributed by atoms with van der Waals surface area (Å²) in [6, 6.07) is 4.98. The van der Waals surface area contributed by atoms with Crippen LogP contribution in [0, 0.1) is 15.5 Å². The minimum Gasteiger partial charge on any atom is -0.466 e. The molecule has 0 amide bonds. The van der Waals surface area contributed by atoms with Gasteiger partial charge in [0.2, 0.25) is 9.04 Å². The summed E-state index contributed by atoms with van der Waals surface area (Å²) in [6.45, 7) is 10.6. The molecular formula is C16H26NO4SSi. The Morgan fingerprint density at radius 2 is 2.00 bits per heavy atom. The van der Waals surface area contributed by atoms with E-state index in [2.05, 4.69) is 33.9 Å². The van der Waals surface area contributed by atoms with Gasteiger partial charge in [0.05, 0.1) is 15.9 Å². The molecule has 0 aliphatic carbocycles.